The van der Waals surface area contributed by atoms with Crippen molar-refractivity contribution in [2.45, 2.75) is 83.6 Å². The molecular weight excluding hydrogens is 334 g/mol. The standard InChI is InChI=1S/C24H35NO2/c1-16-4-7-20(8-5-16)25-23(26)18(3)19-10-12-24(13-11-19)15-27-22-14-17(2)6-9-21(22)24/h6,9,14,16,18-20H,4-5,7-8,10-13,15H2,1-3H3,(H,25,26)/t16?,18-,19?,20?,24?/m1/s1. The van der Waals surface area contributed by atoms with Crippen molar-refractivity contribution in [2.24, 2.45) is 17.8 Å². The number of nitrogens with one attached hydrogen (secondary N) is 1. The highest BCUT2D eigenvalue weighted by Gasteiger charge is 2.44. The summed E-state index contributed by atoms with van der Waals surface area (Å²) in [6.45, 7) is 7.41. The van der Waals surface area contributed by atoms with Crippen molar-refractivity contribution < 1.29 is 9.53 Å². The van der Waals surface area contributed by atoms with Crippen LogP contribution in [0.4, 0.5) is 0 Å². The number of hydrogen-bond acceptors (Lipinski definition) is 2. The summed E-state index contributed by atoms with van der Waals surface area (Å²) in [5.41, 5.74) is 2.86. The molecule has 27 heavy (non-hydrogen) atoms. The Bertz CT molecular complexity index is 682. The van der Waals surface area contributed by atoms with E-state index in [2.05, 4.69) is 44.3 Å². The Hall–Kier alpha value is -1.51. The van der Waals surface area contributed by atoms with Gasteiger partial charge in [0, 0.05) is 22.9 Å². The van der Waals surface area contributed by atoms with E-state index in [-0.39, 0.29) is 17.2 Å². The Balaban J connectivity index is 1.33. The van der Waals surface area contributed by atoms with Crippen LogP contribution in [0, 0.1) is 24.7 Å². The van der Waals surface area contributed by atoms with E-state index in [4.69, 9.17) is 4.74 Å². The van der Waals surface area contributed by atoms with E-state index in [0.717, 1.165) is 56.8 Å². The first-order chi connectivity index (χ1) is 13.0. The van der Waals surface area contributed by atoms with Gasteiger partial charge in [-0.3, -0.25) is 4.79 Å². The molecule has 4 rings (SSSR count). The number of rotatable bonds is 3. The molecule has 3 heteroatoms. The summed E-state index contributed by atoms with van der Waals surface area (Å²) < 4.78 is 6.05. The Labute approximate surface area is 164 Å². The van der Waals surface area contributed by atoms with Crippen molar-refractivity contribution >= 4 is 5.91 Å². The van der Waals surface area contributed by atoms with Gasteiger partial charge >= 0.3 is 0 Å². The zero-order chi connectivity index (χ0) is 19.0. The Morgan fingerprint density at radius 1 is 1.15 bits per heavy atom. The monoisotopic (exact) mass is 369 g/mol. The van der Waals surface area contributed by atoms with Crippen molar-refractivity contribution in [1.29, 1.82) is 0 Å². The summed E-state index contributed by atoms with van der Waals surface area (Å²) in [6.07, 6.45) is 9.37. The number of fused-ring (bicyclic) bond motifs is 2. The number of ether oxygens (including phenoxy) is 1. The molecule has 1 heterocycles. The van der Waals surface area contributed by atoms with Gasteiger partial charge < -0.3 is 10.1 Å². The quantitative estimate of drug-likeness (QED) is 0.800. The maximum absolute atomic E-state index is 12.8. The molecular formula is C24H35NO2. The molecule has 0 unspecified atom stereocenters. The summed E-state index contributed by atoms with van der Waals surface area (Å²) in [4.78, 5) is 12.8. The predicted octanol–water partition coefficient (Wildman–Crippen LogP) is 5.15. The molecule has 3 nitrogen and oxygen atoms in total. The van der Waals surface area contributed by atoms with Gasteiger partial charge in [0.15, 0.2) is 0 Å². The van der Waals surface area contributed by atoms with E-state index in [1.807, 2.05) is 0 Å². The minimum Gasteiger partial charge on any atom is -0.492 e. The Morgan fingerprint density at radius 2 is 1.85 bits per heavy atom. The van der Waals surface area contributed by atoms with E-state index in [1.54, 1.807) is 0 Å². The van der Waals surface area contributed by atoms with E-state index < -0.39 is 0 Å². The van der Waals surface area contributed by atoms with Gasteiger partial charge in [-0.1, -0.05) is 26.0 Å². The van der Waals surface area contributed by atoms with E-state index in [0.29, 0.717) is 12.0 Å². The fraction of sp³-hybridized carbons (Fsp3) is 0.708. The number of carbonyl (C=O) groups is 1. The second-order valence-electron chi connectivity index (χ2n) is 9.66. The summed E-state index contributed by atoms with van der Waals surface area (Å²) in [6, 6.07) is 7.07. The van der Waals surface area contributed by atoms with Crippen LogP contribution in [0.25, 0.3) is 0 Å². The number of benzene rings is 1. The zero-order valence-corrected chi connectivity index (χ0v) is 17.2. The van der Waals surface area contributed by atoms with Gasteiger partial charge in [0.2, 0.25) is 5.91 Å². The third kappa shape index (κ3) is 3.75. The Kier molecular flexibility index (Phi) is 5.22. The lowest BCUT2D eigenvalue weighted by Gasteiger charge is -2.38. The molecule has 2 saturated carbocycles. The average Bonchev–Trinajstić information content (AvgIpc) is 3.01. The molecule has 1 spiro atoms. The second kappa shape index (κ2) is 7.48. The molecule has 0 aromatic heterocycles. The molecule has 1 aromatic rings. The number of hydrogen-bond donors (Lipinski definition) is 1. The third-order valence-electron chi connectivity index (χ3n) is 7.68. The molecule has 1 N–H and O–H groups in total. The lowest BCUT2D eigenvalue weighted by molar-refractivity contribution is -0.127. The van der Waals surface area contributed by atoms with Gasteiger partial charge in [-0.15, -0.1) is 0 Å². The summed E-state index contributed by atoms with van der Waals surface area (Å²) in [5.74, 6) is 2.83. The van der Waals surface area contributed by atoms with Crippen LogP contribution in [0.1, 0.15) is 76.3 Å². The molecule has 1 atom stereocenters. The maximum Gasteiger partial charge on any atom is 0.223 e. The molecule has 0 radical (unpaired) electrons. The van der Waals surface area contributed by atoms with Crippen molar-refractivity contribution in [1.82, 2.24) is 5.32 Å². The molecule has 2 fully saturated rings. The lowest BCUT2D eigenvalue weighted by Crippen LogP contribution is -2.43. The van der Waals surface area contributed by atoms with Crippen LogP contribution in [0.2, 0.25) is 0 Å². The van der Waals surface area contributed by atoms with Gasteiger partial charge in [-0.2, -0.15) is 0 Å². The minimum atomic E-state index is 0.126. The highest BCUT2D eigenvalue weighted by Crippen LogP contribution is 2.50. The summed E-state index contributed by atoms with van der Waals surface area (Å²) >= 11 is 0. The first-order valence-electron chi connectivity index (χ1n) is 11.0. The van der Waals surface area contributed by atoms with Crippen LogP contribution >= 0.6 is 0 Å². The van der Waals surface area contributed by atoms with Crippen molar-refractivity contribution in [3.8, 4) is 5.75 Å². The molecule has 148 valence electrons. The van der Waals surface area contributed by atoms with Crippen molar-refractivity contribution in [3.05, 3.63) is 29.3 Å². The summed E-state index contributed by atoms with van der Waals surface area (Å²) in [5, 5.41) is 3.36. The van der Waals surface area contributed by atoms with Gasteiger partial charge in [0.05, 0.1) is 6.61 Å². The summed E-state index contributed by atoms with van der Waals surface area (Å²) in [7, 11) is 0. The van der Waals surface area contributed by atoms with Crippen LogP contribution in [0.5, 0.6) is 5.75 Å². The topological polar surface area (TPSA) is 38.3 Å². The molecule has 0 bridgehead atoms. The molecule has 1 aliphatic heterocycles. The van der Waals surface area contributed by atoms with Gasteiger partial charge in [0.1, 0.15) is 5.75 Å². The molecule has 1 amide bonds. The molecule has 1 aromatic carbocycles. The number of amides is 1. The SMILES string of the molecule is Cc1ccc2c(c1)OCC21CCC([C@@H](C)C(=O)NC2CCC(C)CC2)CC1. The third-order valence-corrected chi connectivity index (χ3v) is 7.68. The largest absolute Gasteiger partial charge is 0.492 e. The molecule has 0 saturated heterocycles. The first-order valence-corrected chi connectivity index (χ1v) is 11.0. The van der Waals surface area contributed by atoms with Crippen LogP contribution in [-0.4, -0.2) is 18.6 Å². The Morgan fingerprint density at radius 3 is 2.56 bits per heavy atom. The fourth-order valence-corrected chi connectivity index (χ4v) is 5.54. The van der Waals surface area contributed by atoms with Crippen LogP contribution in [0.15, 0.2) is 18.2 Å². The smallest absolute Gasteiger partial charge is 0.223 e. The van der Waals surface area contributed by atoms with Crippen LogP contribution < -0.4 is 10.1 Å². The number of aryl methyl sites for hydroxylation is 1. The molecule has 3 aliphatic rings. The first kappa shape index (κ1) is 18.8. The van der Waals surface area contributed by atoms with Crippen LogP contribution in [-0.2, 0) is 10.2 Å². The average molecular weight is 370 g/mol. The second-order valence-corrected chi connectivity index (χ2v) is 9.66. The van der Waals surface area contributed by atoms with E-state index in [9.17, 15) is 4.79 Å². The zero-order valence-electron chi connectivity index (χ0n) is 17.2. The van der Waals surface area contributed by atoms with E-state index in [1.165, 1.54) is 24.0 Å². The highest BCUT2D eigenvalue weighted by atomic mass is 16.5. The van der Waals surface area contributed by atoms with Crippen molar-refractivity contribution in [2.75, 3.05) is 6.61 Å². The van der Waals surface area contributed by atoms with E-state index >= 15 is 0 Å². The van der Waals surface area contributed by atoms with Gasteiger partial charge in [0.25, 0.3) is 0 Å². The van der Waals surface area contributed by atoms with Gasteiger partial charge in [-0.25, -0.2) is 0 Å². The van der Waals surface area contributed by atoms with Gasteiger partial charge in [-0.05, 0) is 81.8 Å². The maximum atomic E-state index is 12.8. The molecule has 2 aliphatic carbocycles. The lowest BCUT2D eigenvalue weighted by atomic mass is 9.65. The predicted molar refractivity (Wildman–Crippen MR) is 109 cm³/mol. The number of carbonyl (C=O) groups excluding carboxylic acids is 1. The normalized spacial score (nSPS) is 34.0. The van der Waals surface area contributed by atoms with Crippen LogP contribution in [0.3, 0.4) is 0 Å². The minimum absolute atomic E-state index is 0.126. The highest BCUT2D eigenvalue weighted by molar-refractivity contribution is 5.79. The fourth-order valence-electron chi connectivity index (χ4n) is 5.54. The van der Waals surface area contributed by atoms with Crippen molar-refractivity contribution in [3.63, 3.8) is 0 Å².